The number of rotatable bonds is 6. The van der Waals surface area contributed by atoms with Gasteiger partial charge < -0.3 is 15.2 Å². The summed E-state index contributed by atoms with van der Waals surface area (Å²) in [4.78, 5) is 2.38. The Hall–Kier alpha value is -1.10. The Labute approximate surface area is 128 Å². The Kier molecular flexibility index (Phi) is 5.25. The van der Waals surface area contributed by atoms with Crippen molar-refractivity contribution in [3.63, 3.8) is 0 Å². The smallest absolute Gasteiger partial charge is 0.119 e. The van der Waals surface area contributed by atoms with Crippen LogP contribution in [-0.4, -0.2) is 45.4 Å². The van der Waals surface area contributed by atoms with Gasteiger partial charge in [0.25, 0.3) is 0 Å². The Balaban J connectivity index is 2.45. The van der Waals surface area contributed by atoms with Crippen LogP contribution in [0.25, 0.3) is 0 Å². The van der Waals surface area contributed by atoms with Gasteiger partial charge in [-0.1, -0.05) is 6.07 Å². The van der Waals surface area contributed by atoms with Crippen LogP contribution in [0.2, 0.25) is 0 Å². The second kappa shape index (κ2) is 6.77. The predicted molar refractivity (Wildman–Crippen MR) is 85.8 cm³/mol. The zero-order chi connectivity index (χ0) is 15.5. The lowest BCUT2D eigenvalue weighted by molar-refractivity contribution is 0.0252. The van der Waals surface area contributed by atoms with E-state index in [1.165, 1.54) is 17.5 Å². The first-order valence-electron chi connectivity index (χ1n) is 7.68. The predicted octanol–water partition coefficient (Wildman–Crippen LogP) is 2.15. The van der Waals surface area contributed by atoms with Crippen molar-refractivity contribution in [3.8, 4) is 5.75 Å². The number of fused-ring (bicyclic) bond motifs is 1. The molecule has 118 valence electrons. The van der Waals surface area contributed by atoms with Crippen molar-refractivity contribution in [1.82, 2.24) is 4.90 Å². The molecule has 0 saturated carbocycles. The van der Waals surface area contributed by atoms with Gasteiger partial charge in [-0.15, -0.1) is 0 Å². The van der Waals surface area contributed by atoms with Crippen LogP contribution in [0.3, 0.4) is 0 Å². The summed E-state index contributed by atoms with van der Waals surface area (Å²) >= 11 is 0. The van der Waals surface area contributed by atoms with Crippen molar-refractivity contribution in [2.75, 3.05) is 34.4 Å². The molecule has 2 unspecified atom stereocenters. The molecule has 1 aliphatic rings. The fourth-order valence-electron chi connectivity index (χ4n) is 3.54. The van der Waals surface area contributed by atoms with E-state index in [0.717, 1.165) is 18.6 Å². The van der Waals surface area contributed by atoms with Crippen molar-refractivity contribution in [1.29, 1.82) is 0 Å². The SMILES string of the molecule is COCC(C)N(C)C1(CN)CCCc2ccc(OC)cc21. The Morgan fingerprint density at radius 2 is 2.14 bits per heavy atom. The molecule has 1 aromatic carbocycles. The van der Waals surface area contributed by atoms with E-state index in [9.17, 15) is 0 Å². The lowest BCUT2D eigenvalue weighted by atomic mass is 9.75. The monoisotopic (exact) mass is 292 g/mol. The van der Waals surface area contributed by atoms with Gasteiger partial charge in [-0.05, 0) is 56.5 Å². The summed E-state index contributed by atoms with van der Waals surface area (Å²) in [6.07, 6.45) is 3.36. The molecule has 4 heteroatoms. The molecule has 1 aromatic rings. The van der Waals surface area contributed by atoms with Crippen LogP contribution in [0.15, 0.2) is 18.2 Å². The molecule has 0 fully saturated rings. The van der Waals surface area contributed by atoms with Crippen LogP contribution in [0, 0.1) is 0 Å². The van der Waals surface area contributed by atoms with Crippen LogP contribution >= 0.6 is 0 Å². The standard InChI is InChI=1S/C17H28N2O2/c1-13(11-20-3)19(2)17(12-18)9-5-6-14-7-8-15(21-4)10-16(14)17/h7-8,10,13H,5-6,9,11-12,18H2,1-4H3. The van der Waals surface area contributed by atoms with E-state index in [2.05, 4.69) is 31.0 Å². The van der Waals surface area contributed by atoms with Crippen molar-refractivity contribution in [2.24, 2.45) is 5.73 Å². The number of nitrogens with zero attached hydrogens (tertiary/aromatic N) is 1. The van der Waals surface area contributed by atoms with Gasteiger partial charge in [0, 0.05) is 19.7 Å². The summed E-state index contributed by atoms with van der Waals surface area (Å²) < 4.78 is 10.8. The van der Waals surface area contributed by atoms with E-state index in [4.69, 9.17) is 15.2 Å². The first kappa shape index (κ1) is 16.3. The lowest BCUT2D eigenvalue weighted by Gasteiger charge is -2.48. The summed E-state index contributed by atoms with van der Waals surface area (Å²) in [5.74, 6) is 0.904. The Bertz CT molecular complexity index is 478. The number of methoxy groups -OCH3 is 2. The van der Waals surface area contributed by atoms with Gasteiger partial charge in [0.05, 0.1) is 19.3 Å². The lowest BCUT2D eigenvalue weighted by Crippen LogP contribution is -2.55. The highest BCUT2D eigenvalue weighted by Gasteiger charge is 2.41. The summed E-state index contributed by atoms with van der Waals surface area (Å²) in [5.41, 5.74) is 8.84. The number of ether oxygens (including phenoxy) is 2. The second-order valence-corrected chi connectivity index (χ2v) is 6.03. The fourth-order valence-corrected chi connectivity index (χ4v) is 3.54. The van der Waals surface area contributed by atoms with Gasteiger partial charge in [0.15, 0.2) is 0 Å². The van der Waals surface area contributed by atoms with E-state index < -0.39 is 0 Å². The molecule has 0 amide bonds. The van der Waals surface area contributed by atoms with Crippen LogP contribution in [0.1, 0.15) is 30.9 Å². The summed E-state index contributed by atoms with van der Waals surface area (Å²) in [6.45, 7) is 3.50. The van der Waals surface area contributed by atoms with Gasteiger partial charge in [0.2, 0.25) is 0 Å². The molecule has 0 heterocycles. The summed E-state index contributed by atoms with van der Waals surface area (Å²) in [6, 6.07) is 6.71. The van der Waals surface area contributed by atoms with Crippen LogP contribution < -0.4 is 10.5 Å². The van der Waals surface area contributed by atoms with E-state index in [-0.39, 0.29) is 5.54 Å². The molecule has 0 radical (unpaired) electrons. The second-order valence-electron chi connectivity index (χ2n) is 6.03. The highest BCUT2D eigenvalue weighted by atomic mass is 16.5. The molecule has 2 rings (SSSR count). The first-order valence-corrected chi connectivity index (χ1v) is 7.68. The van der Waals surface area contributed by atoms with Gasteiger partial charge in [-0.25, -0.2) is 0 Å². The molecule has 1 aliphatic carbocycles. The molecule has 0 spiro atoms. The maximum Gasteiger partial charge on any atom is 0.119 e. The van der Waals surface area contributed by atoms with Crippen molar-refractivity contribution in [3.05, 3.63) is 29.3 Å². The molecule has 21 heavy (non-hydrogen) atoms. The molecule has 0 aliphatic heterocycles. The largest absolute Gasteiger partial charge is 0.497 e. The third-order valence-electron chi connectivity index (χ3n) is 4.94. The van der Waals surface area contributed by atoms with E-state index >= 15 is 0 Å². The molecule has 0 bridgehead atoms. The normalized spacial score (nSPS) is 23.0. The molecule has 0 saturated heterocycles. The van der Waals surface area contributed by atoms with Crippen molar-refractivity contribution < 1.29 is 9.47 Å². The maximum atomic E-state index is 6.26. The van der Waals surface area contributed by atoms with Gasteiger partial charge in [-0.3, -0.25) is 4.90 Å². The first-order chi connectivity index (χ1) is 10.1. The van der Waals surface area contributed by atoms with Gasteiger partial charge >= 0.3 is 0 Å². The fraction of sp³-hybridized carbons (Fsp3) is 0.647. The topological polar surface area (TPSA) is 47.7 Å². The average molecular weight is 292 g/mol. The van der Waals surface area contributed by atoms with Crippen LogP contribution in [-0.2, 0) is 16.7 Å². The minimum absolute atomic E-state index is 0.125. The average Bonchev–Trinajstić information content (AvgIpc) is 2.53. The molecule has 2 N–H and O–H groups in total. The Morgan fingerprint density at radius 1 is 1.38 bits per heavy atom. The molecule has 0 aromatic heterocycles. The van der Waals surface area contributed by atoms with E-state index in [1.807, 2.05) is 6.07 Å². The molecule has 4 nitrogen and oxygen atoms in total. The number of hydrogen-bond acceptors (Lipinski definition) is 4. The summed E-state index contributed by atoms with van der Waals surface area (Å²) in [7, 11) is 5.62. The highest BCUT2D eigenvalue weighted by molar-refractivity contribution is 5.42. The minimum atomic E-state index is -0.125. The number of hydrogen-bond donors (Lipinski definition) is 1. The Morgan fingerprint density at radius 3 is 2.76 bits per heavy atom. The van der Waals surface area contributed by atoms with Gasteiger partial charge in [-0.2, -0.15) is 0 Å². The molecule has 2 atom stereocenters. The van der Waals surface area contributed by atoms with Crippen LogP contribution in [0.4, 0.5) is 0 Å². The number of likely N-dealkylation sites (N-methyl/N-ethyl adjacent to an activating group) is 1. The van der Waals surface area contributed by atoms with E-state index in [1.54, 1.807) is 14.2 Å². The molecular formula is C17H28N2O2. The quantitative estimate of drug-likeness (QED) is 0.873. The molecular weight excluding hydrogens is 264 g/mol. The summed E-state index contributed by atoms with van der Waals surface area (Å²) in [5, 5.41) is 0. The third kappa shape index (κ3) is 2.93. The third-order valence-corrected chi connectivity index (χ3v) is 4.94. The zero-order valence-electron chi connectivity index (χ0n) is 13.7. The van der Waals surface area contributed by atoms with Crippen molar-refractivity contribution >= 4 is 0 Å². The van der Waals surface area contributed by atoms with Crippen molar-refractivity contribution in [2.45, 2.75) is 37.8 Å². The number of aryl methyl sites for hydroxylation is 1. The number of nitrogens with two attached hydrogens (primary N) is 1. The highest BCUT2D eigenvalue weighted by Crippen LogP contribution is 2.41. The maximum absolute atomic E-state index is 6.26. The minimum Gasteiger partial charge on any atom is -0.497 e. The van der Waals surface area contributed by atoms with Crippen LogP contribution in [0.5, 0.6) is 5.75 Å². The van der Waals surface area contributed by atoms with Gasteiger partial charge in [0.1, 0.15) is 5.75 Å². The van der Waals surface area contributed by atoms with E-state index in [0.29, 0.717) is 19.2 Å². The number of benzene rings is 1. The zero-order valence-corrected chi connectivity index (χ0v) is 13.7.